The molecule has 0 aromatic rings. The van der Waals surface area contributed by atoms with Crippen molar-refractivity contribution in [1.82, 2.24) is 0 Å². The molecule has 2 aliphatic carbocycles. The van der Waals surface area contributed by atoms with Gasteiger partial charge in [0.2, 0.25) is 0 Å². The maximum absolute atomic E-state index is 14.4. The quantitative estimate of drug-likeness (QED) is 0.204. The van der Waals surface area contributed by atoms with Gasteiger partial charge in [0.05, 0.1) is 49.3 Å². The van der Waals surface area contributed by atoms with E-state index in [2.05, 4.69) is 32.9 Å². The van der Waals surface area contributed by atoms with Crippen molar-refractivity contribution >= 4 is 5.97 Å². The molecule has 2 bridgehead atoms. The van der Waals surface area contributed by atoms with Crippen LogP contribution in [0.1, 0.15) is 106 Å². The van der Waals surface area contributed by atoms with E-state index in [4.69, 9.17) is 47.4 Å². The van der Waals surface area contributed by atoms with Crippen LogP contribution in [0.15, 0.2) is 59.3 Å². The molecule has 0 aromatic carbocycles. The van der Waals surface area contributed by atoms with Crippen molar-refractivity contribution in [3.63, 3.8) is 0 Å². The summed E-state index contributed by atoms with van der Waals surface area (Å²) in [5.74, 6) is -2.32. The smallest absolute Gasteiger partial charge is 0.316 e. The van der Waals surface area contributed by atoms with Crippen molar-refractivity contribution in [2.75, 3.05) is 20.8 Å². The number of carbonyl (C=O) groups is 1. The lowest BCUT2D eigenvalue weighted by atomic mass is 9.71. The second-order valence-corrected chi connectivity index (χ2v) is 20.0. The second kappa shape index (κ2) is 20.1. The lowest BCUT2D eigenvalue weighted by Gasteiger charge is -2.49. The minimum absolute atomic E-state index is 0.0242. The molecule has 5 fully saturated rings. The Labute approximate surface area is 379 Å². The zero-order valence-electron chi connectivity index (χ0n) is 39.0. The summed E-state index contributed by atoms with van der Waals surface area (Å²) in [5, 5.41) is 34.3. The van der Waals surface area contributed by atoms with Crippen molar-refractivity contribution in [3.8, 4) is 0 Å². The first-order valence-electron chi connectivity index (χ1n) is 24.0. The number of esters is 1. The number of aliphatic hydroxyl groups excluding tert-OH is 2. The van der Waals surface area contributed by atoms with Gasteiger partial charge in [-0.3, -0.25) is 4.79 Å². The summed E-state index contributed by atoms with van der Waals surface area (Å²) in [6.45, 7) is 11.9. The van der Waals surface area contributed by atoms with Crippen molar-refractivity contribution < 1.29 is 67.5 Å². The summed E-state index contributed by atoms with van der Waals surface area (Å²) in [7, 11) is 3.23. The molecule has 3 N–H and O–H groups in total. The van der Waals surface area contributed by atoms with Gasteiger partial charge in [0.25, 0.3) is 0 Å². The molecule has 19 atom stereocenters. The third-order valence-electron chi connectivity index (χ3n) is 15.4. The fourth-order valence-electron chi connectivity index (χ4n) is 11.7. The van der Waals surface area contributed by atoms with E-state index in [-0.39, 0.29) is 36.8 Å². The first kappa shape index (κ1) is 48.2. The number of hydrogen-bond donors (Lipinski definition) is 3. The second-order valence-electron chi connectivity index (χ2n) is 20.0. The van der Waals surface area contributed by atoms with Gasteiger partial charge in [0.15, 0.2) is 18.4 Å². The van der Waals surface area contributed by atoms with Gasteiger partial charge >= 0.3 is 5.97 Å². The fraction of sp³-hybridized carbons (Fsp3) is 0.780. The number of fused-ring (bicyclic) bond motifs is 2. The Balaban J connectivity index is 1.08. The fourth-order valence-corrected chi connectivity index (χ4v) is 11.7. The molecule has 0 amide bonds. The molecule has 8 aliphatic rings. The molecule has 6 aliphatic heterocycles. The molecule has 0 radical (unpaired) electrons. The zero-order chi connectivity index (χ0) is 45.5. The number of carbonyl (C=O) groups excluding carboxylic acids is 1. The van der Waals surface area contributed by atoms with Crippen LogP contribution >= 0.6 is 0 Å². The lowest BCUT2D eigenvalue weighted by molar-refractivity contribution is -0.318. The van der Waals surface area contributed by atoms with Crippen LogP contribution in [0.25, 0.3) is 0 Å². The van der Waals surface area contributed by atoms with Crippen LogP contribution in [-0.4, -0.2) is 139 Å². The Morgan fingerprint density at radius 1 is 0.812 bits per heavy atom. The summed E-state index contributed by atoms with van der Waals surface area (Å²) < 4.78 is 64.1. The highest BCUT2D eigenvalue weighted by atomic mass is 16.7. The highest BCUT2D eigenvalue weighted by Crippen LogP contribution is 2.48. The van der Waals surface area contributed by atoms with Gasteiger partial charge in [-0.05, 0) is 75.7 Å². The van der Waals surface area contributed by atoms with E-state index < -0.39 is 90.8 Å². The molecule has 14 nitrogen and oxygen atoms in total. The molecule has 8 rings (SSSR count). The Morgan fingerprint density at radius 2 is 1.53 bits per heavy atom. The average molecular weight is 899 g/mol. The molecule has 64 heavy (non-hydrogen) atoms. The summed E-state index contributed by atoms with van der Waals surface area (Å²) in [5.41, 5.74) is 0.166. The monoisotopic (exact) mass is 899 g/mol. The van der Waals surface area contributed by atoms with Crippen molar-refractivity contribution in [3.05, 3.63) is 59.3 Å². The van der Waals surface area contributed by atoms with Crippen molar-refractivity contribution in [1.29, 1.82) is 0 Å². The van der Waals surface area contributed by atoms with Crippen LogP contribution in [0.2, 0.25) is 0 Å². The Kier molecular flexibility index (Phi) is 15.1. The summed E-state index contributed by atoms with van der Waals surface area (Å²) >= 11 is 0. The molecule has 0 aromatic heterocycles. The maximum Gasteiger partial charge on any atom is 0.316 e. The first-order valence-corrected chi connectivity index (χ1v) is 24.0. The maximum atomic E-state index is 14.4. The van der Waals surface area contributed by atoms with E-state index in [9.17, 15) is 20.1 Å². The third-order valence-corrected chi connectivity index (χ3v) is 15.4. The van der Waals surface area contributed by atoms with Crippen LogP contribution in [0.4, 0.5) is 0 Å². The third kappa shape index (κ3) is 9.82. The molecule has 4 saturated heterocycles. The molecular formula is C50H74O14. The molecule has 1 spiro atoms. The molecule has 1 unspecified atom stereocenters. The Morgan fingerprint density at radius 3 is 2.28 bits per heavy atom. The largest absolute Gasteiger partial charge is 0.462 e. The highest BCUT2D eigenvalue weighted by molar-refractivity contribution is 5.78. The SMILES string of the molecule is CO[C@H]1C[C@@H](O[C@@H]2[C@H](C)O[C@H](O[C@@H]3/C(C)=C/CC4C[C@@H](C[C@]5(C=C[C@H](C)[C@H](C6CCCCC6)O5)O4)OC(=O)[C@@H]4C=C(C)[C@@H](O)[C@H]5OC/C(=C\C=C\[C@@H]3C)[C@]54O)C[C@@H]2OC)O[C@@H](C)[C@H]1O. The van der Waals surface area contributed by atoms with Crippen LogP contribution in [0, 0.1) is 23.7 Å². The van der Waals surface area contributed by atoms with Gasteiger partial charge in [-0.2, -0.15) is 0 Å². The number of hydrogen-bond acceptors (Lipinski definition) is 14. The van der Waals surface area contributed by atoms with E-state index >= 15 is 0 Å². The zero-order valence-corrected chi connectivity index (χ0v) is 39.0. The minimum atomic E-state index is -1.83. The topological polar surface area (TPSA) is 170 Å². The normalized spacial score (nSPS) is 49.2. The number of methoxy groups -OCH3 is 2. The molecule has 358 valence electrons. The van der Waals surface area contributed by atoms with E-state index in [0.29, 0.717) is 49.2 Å². The Bertz CT molecular complexity index is 1790. The number of rotatable bonds is 7. The molecular weight excluding hydrogens is 825 g/mol. The lowest BCUT2D eigenvalue weighted by Crippen LogP contribution is -2.58. The average Bonchev–Trinajstić information content (AvgIpc) is 3.62. The predicted octanol–water partition coefficient (Wildman–Crippen LogP) is 5.91. The van der Waals surface area contributed by atoms with Crippen LogP contribution < -0.4 is 0 Å². The number of aliphatic hydroxyl groups is 3. The van der Waals surface area contributed by atoms with Crippen molar-refractivity contribution in [2.24, 2.45) is 23.7 Å². The van der Waals surface area contributed by atoms with Crippen molar-refractivity contribution in [2.45, 2.75) is 203 Å². The van der Waals surface area contributed by atoms with Crippen LogP contribution in [0.5, 0.6) is 0 Å². The van der Waals surface area contributed by atoms with Crippen LogP contribution in [-0.2, 0) is 52.2 Å². The highest BCUT2D eigenvalue weighted by Gasteiger charge is 2.60. The standard InChI is InChI=1S/C50H74O14/c1-27-13-12-16-34-26-57-47-42(51)30(4)21-37(50(34,47)54)48(53)60-36-22-35(63-49(25-36)20-19-29(3)45(64-49)33-14-10-9-11-15-33)18-17-28(2)44(27)61-41-24-39(56-8)46(32(6)59-41)62-40-23-38(55-7)43(52)31(5)58-40/h12-13,16-17,19-21,27,29,31-33,35-47,51-52,54H,9-11,14-15,18,22-26H2,1-8H3/b13-12+,28-17+,34-16+/t27-,29-,31-,32-,35?,36-,37-,38-,39-,40+,41+,42+,43+,44-,45+,46+,47+,49+,50+/m0/s1. The van der Waals surface area contributed by atoms with Gasteiger partial charge in [-0.1, -0.05) is 69.6 Å². The summed E-state index contributed by atoms with van der Waals surface area (Å²) in [6.07, 6.45) is 13.8. The minimum Gasteiger partial charge on any atom is -0.462 e. The first-order chi connectivity index (χ1) is 30.6. The summed E-state index contributed by atoms with van der Waals surface area (Å²) in [4.78, 5) is 14.4. The van der Waals surface area contributed by atoms with E-state index in [1.54, 1.807) is 40.2 Å². The van der Waals surface area contributed by atoms with Gasteiger partial charge in [-0.15, -0.1) is 0 Å². The number of ether oxygens (including phenoxy) is 10. The number of allylic oxidation sites excluding steroid dienone is 2. The molecule has 14 heteroatoms. The summed E-state index contributed by atoms with van der Waals surface area (Å²) in [6, 6.07) is 0. The molecule has 1 saturated carbocycles. The predicted molar refractivity (Wildman–Crippen MR) is 234 cm³/mol. The van der Waals surface area contributed by atoms with Gasteiger partial charge < -0.3 is 62.7 Å². The molecule has 6 heterocycles. The van der Waals surface area contributed by atoms with Crippen LogP contribution in [0.3, 0.4) is 0 Å². The van der Waals surface area contributed by atoms with Gasteiger partial charge in [-0.25, -0.2) is 0 Å². The van der Waals surface area contributed by atoms with Gasteiger partial charge in [0, 0.05) is 51.7 Å². The van der Waals surface area contributed by atoms with E-state index in [1.165, 1.54) is 19.3 Å². The van der Waals surface area contributed by atoms with E-state index in [1.807, 2.05) is 25.2 Å². The Hall–Kier alpha value is -2.31. The van der Waals surface area contributed by atoms with E-state index in [0.717, 1.165) is 18.4 Å². The van der Waals surface area contributed by atoms with Gasteiger partial charge in [0.1, 0.15) is 42.0 Å².